The number of likely N-dealkylation sites (tertiary alicyclic amines) is 1. The first kappa shape index (κ1) is 15.7. The number of ether oxygens (including phenoxy) is 1. The maximum atomic E-state index is 13.1. The second kappa shape index (κ2) is 6.22. The number of carbonyl (C=O) groups excluding carboxylic acids is 1. The van der Waals surface area contributed by atoms with Gasteiger partial charge < -0.3 is 14.7 Å². The second-order valence-corrected chi connectivity index (χ2v) is 6.26. The van der Waals surface area contributed by atoms with Gasteiger partial charge in [0.15, 0.2) is 5.69 Å². The Kier molecular flexibility index (Phi) is 3.89. The minimum Gasteiger partial charge on any atom is -0.497 e. The van der Waals surface area contributed by atoms with Crippen LogP contribution in [0.1, 0.15) is 28.5 Å². The Bertz CT molecular complexity index is 921. The predicted molar refractivity (Wildman–Crippen MR) is 93.5 cm³/mol. The molecule has 0 aliphatic carbocycles. The number of aromatic nitrogens is 2. The molecule has 1 saturated heterocycles. The van der Waals surface area contributed by atoms with Crippen LogP contribution in [0.25, 0.3) is 10.9 Å². The summed E-state index contributed by atoms with van der Waals surface area (Å²) in [6.45, 7) is 0.294. The van der Waals surface area contributed by atoms with Crippen molar-refractivity contribution >= 4 is 16.8 Å². The van der Waals surface area contributed by atoms with Crippen LogP contribution in [0, 0.1) is 0 Å². The Hall–Kier alpha value is -2.86. The molecule has 0 bridgehead atoms. The average molecular weight is 337 g/mol. The van der Waals surface area contributed by atoms with Crippen LogP contribution in [0.15, 0.2) is 48.5 Å². The van der Waals surface area contributed by atoms with Crippen LogP contribution in [0.3, 0.4) is 0 Å². The molecule has 1 fully saturated rings. The Morgan fingerprint density at radius 1 is 1.28 bits per heavy atom. The summed E-state index contributed by atoms with van der Waals surface area (Å²) in [5.74, 6) is 0.554. The Balaban J connectivity index is 1.70. The minimum atomic E-state index is -0.551. The van der Waals surface area contributed by atoms with Gasteiger partial charge in [-0.05, 0) is 30.2 Å². The van der Waals surface area contributed by atoms with Gasteiger partial charge in [0.1, 0.15) is 5.75 Å². The van der Waals surface area contributed by atoms with E-state index in [1.807, 2.05) is 48.5 Å². The molecule has 128 valence electrons. The molecule has 0 unspecified atom stereocenters. The van der Waals surface area contributed by atoms with Crippen molar-refractivity contribution < 1.29 is 14.6 Å². The number of fused-ring (bicyclic) bond motifs is 1. The highest BCUT2D eigenvalue weighted by Crippen LogP contribution is 2.35. The number of hydrogen-bond acceptors (Lipinski definition) is 4. The number of benzene rings is 2. The highest BCUT2D eigenvalue weighted by atomic mass is 16.5. The molecule has 3 aromatic rings. The lowest BCUT2D eigenvalue weighted by Crippen LogP contribution is -2.32. The molecular weight excluding hydrogens is 318 g/mol. The third-order valence-electron chi connectivity index (χ3n) is 4.69. The van der Waals surface area contributed by atoms with E-state index >= 15 is 0 Å². The molecule has 0 radical (unpaired) electrons. The standard InChI is InChI=1S/C19H19N3O3/c1-25-14-6-4-5-12(9-14)17-10-13(23)11-22(17)19(24)18-15-7-2-3-8-16(15)20-21-18/h2-9,13,17,23H,10-11H2,1H3,(H,20,21)/t13-,17+/m0/s1. The van der Waals surface area contributed by atoms with E-state index in [0.717, 1.165) is 22.2 Å². The number of aliphatic hydroxyl groups excluding tert-OH is 1. The lowest BCUT2D eigenvalue weighted by Gasteiger charge is -2.24. The van der Waals surface area contributed by atoms with Gasteiger partial charge >= 0.3 is 0 Å². The third-order valence-corrected chi connectivity index (χ3v) is 4.69. The molecule has 2 heterocycles. The molecule has 2 N–H and O–H groups in total. The van der Waals surface area contributed by atoms with Gasteiger partial charge in [-0.1, -0.05) is 30.3 Å². The summed E-state index contributed by atoms with van der Waals surface area (Å²) in [5.41, 5.74) is 2.16. The van der Waals surface area contributed by atoms with Gasteiger partial charge in [0, 0.05) is 11.9 Å². The molecule has 1 aliphatic heterocycles. The van der Waals surface area contributed by atoms with Crippen molar-refractivity contribution in [2.75, 3.05) is 13.7 Å². The number of H-pyrrole nitrogens is 1. The van der Waals surface area contributed by atoms with Gasteiger partial charge in [0.2, 0.25) is 0 Å². The van der Waals surface area contributed by atoms with Crippen LogP contribution in [0.2, 0.25) is 0 Å². The van der Waals surface area contributed by atoms with Crippen LogP contribution in [0.5, 0.6) is 5.75 Å². The van der Waals surface area contributed by atoms with Crippen molar-refractivity contribution in [1.82, 2.24) is 15.1 Å². The van der Waals surface area contributed by atoms with E-state index in [-0.39, 0.29) is 11.9 Å². The van der Waals surface area contributed by atoms with Gasteiger partial charge in [-0.25, -0.2) is 0 Å². The highest BCUT2D eigenvalue weighted by Gasteiger charge is 2.37. The number of rotatable bonds is 3. The maximum Gasteiger partial charge on any atom is 0.275 e. The van der Waals surface area contributed by atoms with E-state index in [1.165, 1.54) is 0 Å². The number of carbonyl (C=O) groups is 1. The van der Waals surface area contributed by atoms with Gasteiger partial charge in [-0.3, -0.25) is 9.89 Å². The quantitative estimate of drug-likeness (QED) is 0.770. The Labute approximate surface area is 145 Å². The van der Waals surface area contributed by atoms with Crippen LogP contribution in [0.4, 0.5) is 0 Å². The summed E-state index contributed by atoms with van der Waals surface area (Å²) in [7, 11) is 1.61. The van der Waals surface area contributed by atoms with Crippen molar-refractivity contribution in [2.24, 2.45) is 0 Å². The molecule has 0 spiro atoms. The number of nitrogens with one attached hydrogen (secondary N) is 1. The normalized spacial score (nSPS) is 20.2. The molecule has 0 saturated carbocycles. The maximum absolute atomic E-state index is 13.1. The average Bonchev–Trinajstić information content (AvgIpc) is 3.25. The topological polar surface area (TPSA) is 78.5 Å². The van der Waals surface area contributed by atoms with Crippen molar-refractivity contribution in [3.05, 3.63) is 59.8 Å². The van der Waals surface area contributed by atoms with Gasteiger partial charge in [-0.2, -0.15) is 5.10 Å². The van der Waals surface area contributed by atoms with E-state index < -0.39 is 6.10 Å². The summed E-state index contributed by atoms with van der Waals surface area (Å²) in [6.07, 6.45) is -0.0493. The number of aliphatic hydroxyl groups is 1. The van der Waals surface area contributed by atoms with Crippen LogP contribution in [-0.2, 0) is 0 Å². The van der Waals surface area contributed by atoms with Crippen molar-refractivity contribution in [3.8, 4) is 5.75 Å². The van der Waals surface area contributed by atoms with Gasteiger partial charge in [0.05, 0.1) is 24.8 Å². The summed E-state index contributed by atoms with van der Waals surface area (Å²) in [4.78, 5) is 14.8. The molecule has 4 rings (SSSR count). The van der Waals surface area contributed by atoms with Crippen molar-refractivity contribution in [3.63, 3.8) is 0 Å². The number of β-amino-alcohol motifs (C(OH)–C–C–N with tert-alkyl or cyclic N) is 1. The van der Waals surface area contributed by atoms with Gasteiger partial charge in [-0.15, -0.1) is 0 Å². The molecule has 1 aromatic heterocycles. The van der Waals surface area contributed by atoms with E-state index in [4.69, 9.17) is 4.74 Å². The zero-order valence-electron chi connectivity index (χ0n) is 13.8. The lowest BCUT2D eigenvalue weighted by atomic mass is 10.0. The third kappa shape index (κ3) is 2.74. The van der Waals surface area contributed by atoms with Crippen LogP contribution >= 0.6 is 0 Å². The smallest absolute Gasteiger partial charge is 0.275 e. The molecule has 6 heteroatoms. The van der Waals surface area contributed by atoms with E-state index in [1.54, 1.807) is 12.0 Å². The lowest BCUT2D eigenvalue weighted by molar-refractivity contribution is 0.0711. The molecule has 25 heavy (non-hydrogen) atoms. The summed E-state index contributed by atoms with van der Waals surface area (Å²) in [6, 6.07) is 15.0. The number of methoxy groups -OCH3 is 1. The number of aromatic amines is 1. The Morgan fingerprint density at radius 2 is 2.12 bits per heavy atom. The SMILES string of the molecule is COc1cccc([C@H]2C[C@H](O)CN2C(=O)c2n[nH]c3ccccc23)c1. The van der Waals surface area contributed by atoms with Crippen molar-refractivity contribution in [1.29, 1.82) is 0 Å². The molecule has 2 atom stereocenters. The summed E-state index contributed by atoms with van der Waals surface area (Å²) in [5, 5.41) is 18.1. The Morgan fingerprint density at radius 3 is 2.96 bits per heavy atom. The molecule has 1 aliphatic rings. The number of nitrogens with zero attached hydrogens (tertiary/aromatic N) is 2. The van der Waals surface area contributed by atoms with E-state index in [2.05, 4.69) is 10.2 Å². The monoisotopic (exact) mass is 337 g/mol. The predicted octanol–water partition coefficient (Wildman–Crippen LogP) is 2.52. The molecule has 6 nitrogen and oxygen atoms in total. The minimum absolute atomic E-state index is 0.179. The first-order chi connectivity index (χ1) is 12.2. The molecule has 1 amide bonds. The molecular formula is C19H19N3O3. The van der Waals surface area contributed by atoms with E-state index in [9.17, 15) is 9.90 Å². The highest BCUT2D eigenvalue weighted by molar-refractivity contribution is 6.04. The zero-order valence-corrected chi connectivity index (χ0v) is 13.8. The molecule has 2 aromatic carbocycles. The number of para-hydroxylation sites is 1. The fraction of sp³-hybridized carbons (Fsp3) is 0.263. The fourth-order valence-corrected chi connectivity index (χ4v) is 3.47. The van der Waals surface area contributed by atoms with Gasteiger partial charge in [0.25, 0.3) is 5.91 Å². The first-order valence-electron chi connectivity index (χ1n) is 8.23. The summed E-state index contributed by atoms with van der Waals surface area (Å²) >= 11 is 0. The fourth-order valence-electron chi connectivity index (χ4n) is 3.47. The zero-order chi connectivity index (χ0) is 17.4. The summed E-state index contributed by atoms with van der Waals surface area (Å²) < 4.78 is 5.28. The van der Waals surface area contributed by atoms with E-state index in [0.29, 0.717) is 18.7 Å². The van der Waals surface area contributed by atoms with Crippen molar-refractivity contribution in [2.45, 2.75) is 18.6 Å². The van der Waals surface area contributed by atoms with Crippen LogP contribution < -0.4 is 4.74 Å². The largest absolute Gasteiger partial charge is 0.497 e. The number of hydrogen-bond donors (Lipinski definition) is 2. The first-order valence-corrected chi connectivity index (χ1v) is 8.23. The second-order valence-electron chi connectivity index (χ2n) is 6.26. The number of amides is 1. The van der Waals surface area contributed by atoms with Crippen LogP contribution in [-0.4, -0.2) is 45.9 Å².